The summed E-state index contributed by atoms with van der Waals surface area (Å²) in [6, 6.07) is 4.68. The van der Waals surface area contributed by atoms with Crippen molar-refractivity contribution in [1.29, 1.82) is 0 Å². The maximum Gasteiger partial charge on any atom is 0.129 e. The zero-order chi connectivity index (χ0) is 14.4. The standard InChI is InChI=1S/C14H22ClFN2O/c1-10(2)18(7-8-19-3)13(9-17)14-11(15)5-4-6-12(14)16/h4-6,10,13H,7-9,17H2,1-3H3. The van der Waals surface area contributed by atoms with Gasteiger partial charge < -0.3 is 10.5 Å². The van der Waals surface area contributed by atoms with Crippen LogP contribution in [0.3, 0.4) is 0 Å². The number of methoxy groups -OCH3 is 1. The minimum absolute atomic E-state index is 0.222. The van der Waals surface area contributed by atoms with Crippen molar-refractivity contribution in [3.8, 4) is 0 Å². The van der Waals surface area contributed by atoms with Gasteiger partial charge in [0.15, 0.2) is 0 Å². The molecule has 0 saturated heterocycles. The van der Waals surface area contributed by atoms with Crippen LogP contribution in [0, 0.1) is 5.82 Å². The third-order valence-corrected chi connectivity index (χ3v) is 3.50. The summed E-state index contributed by atoms with van der Waals surface area (Å²) in [4.78, 5) is 2.10. The Bertz CT molecular complexity index is 381. The van der Waals surface area contributed by atoms with Crippen molar-refractivity contribution in [2.24, 2.45) is 5.73 Å². The lowest BCUT2D eigenvalue weighted by molar-refractivity contribution is 0.0966. The Balaban J connectivity index is 3.08. The molecule has 0 fully saturated rings. The van der Waals surface area contributed by atoms with Gasteiger partial charge in [-0.3, -0.25) is 4.90 Å². The Kier molecular flexibility index (Phi) is 6.72. The van der Waals surface area contributed by atoms with Crippen molar-refractivity contribution in [3.05, 3.63) is 34.6 Å². The molecular formula is C14H22ClFN2O. The normalized spacial score (nSPS) is 13.3. The lowest BCUT2D eigenvalue weighted by atomic mass is 10.0. The fourth-order valence-corrected chi connectivity index (χ4v) is 2.51. The molecule has 108 valence electrons. The van der Waals surface area contributed by atoms with Gasteiger partial charge in [0.05, 0.1) is 12.6 Å². The number of rotatable bonds is 7. The molecule has 0 aliphatic heterocycles. The van der Waals surface area contributed by atoms with Gasteiger partial charge in [-0.2, -0.15) is 0 Å². The molecule has 0 aliphatic carbocycles. The van der Waals surface area contributed by atoms with Gasteiger partial charge in [-0.05, 0) is 26.0 Å². The van der Waals surface area contributed by atoms with Crippen molar-refractivity contribution in [2.75, 3.05) is 26.8 Å². The van der Waals surface area contributed by atoms with Crippen LogP contribution in [-0.2, 0) is 4.74 Å². The highest BCUT2D eigenvalue weighted by Gasteiger charge is 2.25. The summed E-state index contributed by atoms with van der Waals surface area (Å²) >= 11 is 6.13. The largest absolute Gasteiger partial charge is 0.383 e. The number of nitrogens with two attached hydrogens (primary N) is 1. The fraction of sp³-hybridized carbons (Fsp3) is 0.571. The maximum atomic E-state index is 14.0. The van der Waals surface area contributed by atoms with E-state index in [2.05, 4.69) is 4.90 Å². The van der Waals surface area contributed by atoms with Gasteiger partial charge in [0, 0.05) is 36.8 Å². The Hall–Kier alpha value is -0.680. The Morgan fingerprint density at radius 2 is 2.11 bits per heavy atom. The molecular weight excluding hydrogens is 267 g/mol. The molecule has 1 aromatic rings. The third kappa shape index (κ3) is 4.14. The van der Waals surface area contributed by atoms with Crippen LogP contribution in [-0.4, -0.2) is 37.7 Å². The van der Waals surface area contributed by atoms with Gasteiger partial charge in [-0.15, -0.1) is 0 Å². The van der Waals surface area contributed by atoms with Crippen LogP contribution in [0.1, 0.15) is 25.5 Å². The van der Waals surface area contributed by atoms with Gasteiger partial charge >= 0.3 is 0 Å². The van der Waals surface area contributed by atoms with E-state index < -0.39 is 0 Å². The third-order valence-electron chi connectivity index (χ3n) is 3.17. The summed E-state index contributed by atoms with van der Waals surface area (Å²) in [5.41, 5.74) is 6.31. The Labute approximate surface area is 119 Å². The highest BCUT2D eigenvalue weighted by molar-refractivity contribution is 6.31. The number of ether oxygens (including phenoxy) is 1. The van der Waals surface area contributed by atoms with Gasteiger partial charge in [0.1, 0.15) is 5.82 Å². The number of benzene rings is 1. The molecule has 1 aromatic carbocycles. The average molecular weight is 289 g/mol. The van der Waals surface area contributed by atoms with Gasteiger partial charge in [0.25, 0.3) is 0 Å². The Morgan fingerprint density at radius 3 is 2.58 bits per heavy atom. The topological polar surface area (TPSA) is 38.5 Å². The zero-order valence-corrected chi connectivity index (χ0v) is 12.5. The molecule has 0 aromatic heterocycles. The van der Waals surface area contributed by atoms with Crippen molar-refractivity contribution in [1.82, 2.24) is 4.90 Å². The summed E-state index contributed by atoms with van der Waals surface area (Å²) < 4.78 is 19.1. The van der Waals surface area contributed by atoms with E-state index in [1.165, 1.54) is 6.07 Å². The highest BCUT2D eigenvalue weighted by atomic mass is 35.5. The van der Waals surface area contributed by atoms with Crippen molar-refractivity contribution in [2.45, 2.75) is 25.9 Å². The monoisotopic (exact) mass is 288 g/mol. The molecule has 0 bridgehead atoms. The molecule has 0 radical (unpaired) electrons. The molecule has 3 nitrogen and oxygen atoms in total. The molecule has 1 atom stereocenters. The first-order valence-electron chi connectivity index (χ1n) is 6.41. The molecule has 19 heavy (non-hydrogen) atoms. The number of hydrogen-bond donors (Lipinski definition) is 1. The molecule has 5 heteroatoms. The van der Waals surface area contributed by atoms with Crippen LogP contribution >= 0.6 is 11.6 Å². The molecule has 0 spiro atoms. The predicted octanol–water partition coefficient (Wildman–Crippen LogP) is 2.84. The zero-order valence-electron chi connectivity index (χ0n) is 11.7. The second-order valence-electron chi connectivity index (χ2n) is 4.71. The number of hydrogen-bond acceptors (Lipinski definition) is 3. The smallest absolute Gasteiger partial charge is 0.129 e. The molecule has 0 aliphatic rings. The maximum absolute atomic E-state index is 14.0. The summed E-state index contributed by atoms with van der Waals surface area (Å²) in [5.74, 6) is -0.314. The van der Waals surface area contributed by atoms with E-state index in [4.69, 9.17) is 22.1 Å². The molecule has 0 heterocycles. The first kappa shape index (κ1) is 16.4. The SMILES string of the molecule is COCCN(C(C)C)C(CN)c1c(F)cccc1Cl. The van der Waals surface area contributed by atoms with E-state index >= 15 is 0 Å². The van der Waals surface area contributed by atoms with Crippen molar-refractivity contribution >= 4 is 11.6 Å². The molecule has 2 N–H and O–H groups in total. The van der Waals surface area contributed by atoms with Crippen LogP contribution in [0.15, 0.2) is 18.2 Å². The Morgan fingerprint density at radius 1 is 1.42 bits per heavy atom. The molecule has 0 saturated carbocycles. The van der Waals surface area contributed by atoms with Gasteiger partial charge in [-0.1, -0.05) is 17.7 Å². The summed E-state index contributed by atoms with van der Waals surface area (Å²) in [6.07, 6.45) is 0. The van der Waals surface area contributed by atoms with Crippen LogP contribution < -0.4 is 5.73 Å². The van der Waals surface area contributed by atoms with E-state index in [0.717, 1.165) is 0 Å². The minimum Gasteiger partial charge on any atom is -0.383 e. The average Bonchev–Trinajstić information content (AvgIpc) is 2.36. The van der Waals surface area contributed by atoms with Crippen LogP contribution in [0.2, 0.25) is 5.02 Å². The second-order valence-corrected chi connectivity index (χ2v) is 5.12. The van der Waals surface area contributed by atoms with E-state index in [9.17, 15) is 4.39 Å². The van der Waals surface area contributed by atoms with Gasteiger partial charge in [0.2, 0.25) is 0 Å². The van der Waals surface area contributed by atoms with E-state index in [-0.39, 0.29) is 17.9 Å². The fourth-order valence-electron chi connectivity index (χ4n) is 2.22. The van der Waals surface area contributed by atoms with Gasteiger partial charge in [-0.25, -0.2) is 4.39 Å². The van der Waals surface area contributed by atoms with Crippen LogP contribution in [0.25, 0.3) is 0 Å². The predicted molar refractivity (Wildman–Crippen MR) is 76.9 cm³/mol. The van der Waals surface area contributed by atoms with E-state index in [0.29, 0.717) is 30.3 Å². The van der Waals surface area contributed by atoms with Crippen LogP contribution in [0.4, 0.5) is 4.39 Å². The summed E-state index contributed by atoms with van der Waals surface area (Å²) in [6.45, 7) is 5.66. The highest BCUT2D eigenvalue weighted by Crippen LogP contribution is 2.30. The van der Waals surface area contributed by atoms with E-state index in [1.54, 1.807) is 19.2 Å². The number of halogens is 2. The lowest BCUT2D eigenvalue weighted by Crippen LogP contribution is -2.41. The minimum atomic E-state index is -0.314. The van der Waals surface area contributed by atoms with Crippen LogP contribution in [0.5, 0.6) is 0 Å². The summed E-state index contributed by atoms with van der Waals surface area (Å²) in [7, 11) is 1.64. The quantitative estimate of drug-likeness (QED) is 0.838. The van der Waals surface area contributed by atoms with Crippen molar-refractivity contribution < 1.29 is 9.13 Å². The molecule has 1 unspecified atom stereocenters. The lowest BCUT2D eigenvalue weighted by Gasteiger charge is -2.35. The number of nitrogens with zero attached hydrogens (tertiary/aromatic N) is 1. The second kappa shape index (κ2) is 7.80. The molecule has 1 rings (SSSR count). The first-order chi connectivity index (χ1) is 9.02. The summed E-state index contributed by atoms with van der Waals surface area (Å²) in [5, 5.41) is 0.415. The van der Waals surface area contributed by atoms with Crippen molar-refractivity contribution in [3.63, 3.8) is 0 Å². The first-order valence-corrected chi connectivity index (χ1v) is 6.79. The van der Waals surface area contributed by atoms with E-state index in [1.807, 2.05) is 13.8 Å². The molecule has 0 amide bonds.